The van der Waals surface area contributed by atoms with Crippen LogP contribution >= 0.6 is 11.6 Å². The van der Waals surface area contributed by atoms with E-state index in [1.54, 1.807) is 0 Å². The maximum Gasteiger partial charge on any atom is 0.223 e. The van der Waals surface area contributed by atoms with E-state index in [-0.39, 0.29) is 5.24 Å². The molecule has 0 rings (SSSR count). The molecule has 3 heteroatoms. The first-order valence-corrected chi connectivity index (χ1v) is 4.95. The first kappa shape index (κ1) is 11.9. The van der Waals surface area contributed by atoms with Crippen LogP contribution in [0.5, 0.6) is 0 Å². The van der Waals surface area contributed by atoms with Gasteiger partial charge >= 0.3 is 0 Å². The molecule has 0 aromatic heterocycles. The second-order valence-corrected chi connectivity index (χ2v) is 3.26. The van der Waals surface area contributed by atoms with Crippen LogP contribution in [0.1, 0.15) is 33.6 Å². The van der Waals surface area contributed by atoms with Crippen molar-refractivity contribution in [3.05, 3.63) is 0 Å². The zero-order chi connectivity index (χ0) is 9.56. The molecule has 0 radical (unpaired) electrons. The highest BCUT2D eigenvalue weighted by atomic mass is 35.5. The monoisotopic (exact) mass is 191 g/mol. The number of carbonyl (C=O) groups excluding carboxylic acids is 1. The summed E-state index contributed by atoms with van der Waals surface area (Å²) < 4.78 is 0. The van der Waals surface area contributed by atoms with Crippen LogP contribution in [0.3, 0.4) is 0 Å². The molecule has 0 aliphatic rings. The molecule has 0 heterocycles. The molecule has 2 nitrogen and oxygen atoms in total. The van der Waals surface area contributed by atoms with Gasteiger partial charge in [-0.25, -0.2) is 0 Å². The SMILES string of the molecule is CCC(CC(=O)Cl)N(CC)CC. The lowest BCUT2D eigenvalue weighted by Crippen LogP contribution is -2.35. The molecule has 0 aliphatic carbocycles. The van der Waals surface area contributed by atoms with Gasteiger partial charge in [-0.3, -0.25) is 4.79 Å². The third kappa shape index (κ3) is 4.07. The molecule has 0 saturated carbocycles. The minimum atomic E-state index is -0.228. The molecule has 0 fully saturated rings. The predicted molar refractivity (Wildman–Crippen MR) is 52.5 cm³/mol. The summed E-state index contributed by atoms with van der Waals surface area (Å²) in [6.45, 7) is 8.26. The minimum absolute atomic E-state index is 0.228. The van der Waals surface area contributed by atoms with Crippen LogP contribution in [0.4, 0.5) is 0 Å². The van der Waals surface area contributed by atoms with E-state index < -0.39 is 0 Å². The number of hydrogen-bond donors (Lipinski definition) is 0. The largest absolute Gasteiger partial charge is 0.300 e. The van der Waals surface area contributed by atoms with Crippen molar-refractivity contribution in [1.29, 1.82) is 0 Å². The maximum absolute atomic E-state index is 10.7. The van der Waals surface area contributed by atoms with Crippen LogP contribution in [-0.2, 0) is 4.79 Å². The van der Waals surface area contributed by atoms with Crippen molar-refractivity contribution in [2.24, 2.45) is 0 Å². The molecule has 0 N–H and O–H groups in total. The summed E-state index contributed by atoms with van der Waals surface area (Å²) in [5.41, 5.74) is 0. The summed E-state index contributed by atoms with van der Waals surface area (Å²) in [5, 5.41) is -0.228. The van der Waals surface area contributed by atoms with E-state index in [1.807, 2.05) is 0 Å². The topological polar surface area (TPSA) is 20.3 Å². The first-order valence-electron chi connectivity index (χ1n) is 4.58. The van der Waals surface area contributed by atoms with Gasteiger partial charge < -0.3 is 4.90 Å². The van der Waals surface area contributed by atoms with Gasteiger partial charge in [-0.2, -0.15) is 0 Å². The van der Waals surface area contributed by atoms with Crippen LogP contribution < -0.4 is 0 Å². The first-order chi connectivity index (χ1) is 5.65. The second kappa shape index (κ2) is 6.44. The van der Waals surface area contributed by atoms with Crippen LogP contribution in [0.15, 0.2) is 0 Å². The molecule has 1 unspecified atom stereocenters. The molecule has 72 valence electrons. The van der Waals surface area contributed by atoms with Gasteiger partial charge in [0, 0.05) is 12.5 Å². The Morgan fingerprint density at radius 2 is 1.83 bits per heavy atom. The quantitative estimate of drug-likeness (QED) is 0.601. The molecule has 0 bridgehead atoms. The van der Waals surface area contributed by atoms with Gasteiger partial charge in [0.1, 0.15) is 0 Å². The molecular weight excluding hydrogens is 174 g/mol. The van der Waals surface area contributed by atoms with Gasteiger partial charge in [-0.15, -0.1) is 0 Å². The van der Waals surface area contributed by atoms with Gasteiger partial charge in [0.05, 0.1) is 0 Å². The summed E-state index contributed by atoms with van der Waals surface area (Å²) in [6, 6.07) is 0.324. The second-order valence-electron chi connectivity index (χ2n) is 2.84. The molecule has 0 saturated heterocycles. The van der Waals surface area contributed by atoms with Gasteiger partial charge in [0.2, 0.25) is 5.24 Å². The molecule has 0 amide bonds. The smallest absolute Gasteiger partial charge is 0.223 e. The molecule has 12 heavy (non-hydrogen) atoms. The molecular formula is C9H18ClNO. The van der Waals surface area contributed by atoms with E-state index >= 15 is 0 Å². The van der Waals surface area contributed by atoms with Gasteiger partial charge in [0.25, 0.3) is 0 Å². The third-order valence-electron chi connectivity index (χ3n) is 2.20. The Hall–Kier alpha value is -0.0800. The zero-order valence-electron chi connectivity index (χ0n) is 8.14. The standard InChI is InChI=1S/C9H18ClNO/c1-4-8(7-9(10)12)11(5-2)6-3/h8H,4-7H2,1-3H3. The van der Waals surface area contributed by atoms with E-state index in [0.717, 1.165) is 19.5 Å². The normalized spacial score (nSPS) is 13.4. The average molecular weight is 192 g/mol. The summed E-state index contributed by atoms with van der Waals surface area (Å²) >= 11 is 5.34. The fourth-order valence-electron chi connectivity index (χ4n) is 1.46. The van der Waals surface area contributed by atoms with Crippen molar-refractivity contribution in [3.63, 3.8) is 0 Å². The Bertz CT molecular complexity index is 134. The third-order valence-corrected chi connectivity index (χ3v) is 2.35. The maximum atomic E-state index is 10.7. The van der Waals surface area contributed by atoms with E-state index in [1.165, 1.54) is 0 Å². The highest BCUT2D eigenvalue weighted by molar-refractivity contribution is 6.63. The Morgan fingerprint density at radius 3 is 2.08 bits per heavy atom. The van der Waals surface area contributed by atoms with Gasteiger partial charge in [0.15, 0.2) is 0 Å². The number of carbonyl (C=O) groups is 1. The Labute approximate surface area is 79.9 Å². The van der Waals surface area contributed by atoms with Crippen molar-refractivity contribution in [2.45, 2.75) is 39.7 Å². The minimum Gasteiger partial charge on any atom is -0.300 e. The zero-order valence-corrected chi connectivity index (χ0v) is 8.90. The molecule has 0 aromatic carbocycles. The summed E-state index contributed by atoms with van der Waals surface area (Å²) in [4.78, 5) is 13.0. The van der Waals surface area contributed by atoms with Crippen molar-refractivity contribution in [1.82, 2.24) is 4.90 Å². The lowest BCUT2D eigenvalue weighted by atomic mass is 10.1. The molecule has 0 aromatic rings. The van der Waals surface area contributed by atoms with Crippen LogP contribution in [0.25, 0.3) is 0 Å². The molecule has 1 atom stereocenters. The van der Waals surface area contributed by atoms with Crippen molar-refractivity contribution in [2.75, 3.05) is 13.1 Å². The highest BCUT2D eigenvalue weighted by Gasteiger charge is 2.15. The van der Waals surface area contributed by atoms with Crippen LogP contribution in [0, 0.1) is 0 Å². The van der Waals surface area contributed by atoms with Crippen LogP contribution in [0.2, 0.25) is 0 Å². The van der Waals surface area contributed by atoms with Gasteiger partial charge in [-0.05, 0) is 31.1 Å². The fourth-order valence-corrected chi connectivity index (χ4v) is 1.64. The average Bonchev–Trinajstić information content (AvgIpc) is 2.04. The number of nitrogens with zero attached hydrogens (tertiary/aromatic N) is 1. The number of rotatable bonds is 6. The Balaban J connectivity index is 4.01. The van der Waals surface area contributed by atoms with Gasteiger partial charge in [-0.1, -0.05) is 20.8 Å². The predicted octanol–water partition coefficient (Wildman–Crippen LogP) is 2.26. The lowest BCUT2D eigenvalue weighted by molar-refractivity contribution is -0.112. The number of halogens is 1. The lowest BCUT2D eigenvalue weighted by Gasteiger charge is -2.27. The van der Waals surface area contributed by atoms with E-state index in [9.17, 15) is 4.79 Å². The van der Waals surface area contributed by atoms with Crippen LogP contribution in [-0.4, -0.2) is 29.3 Å². The fraction of sp³-hybridized carbons (Fsp3) is 0.889. The number of hydrogen-bond acceptors (Lipinski definition) is 2. The van der Waals surface area contributed by atoms with Crippen molar-refractivity contribution in [3.8, 4) is 0 Å². The summed E-state index contributed by atoms with van der Waals surface area (Å²) in [5.74, 6) is 0. The van der Waals surface area contributed by atoms with Crippen molar-refractivity contribution < 1.29 is 4.79 Å². The summed E-state index contributed by atoms with van der Waals surface area (Å²) in [6.07, 6.45) is 1.46. The van der Waals surface area contributed by atoms with E-state index in [2.05, 4.69) is 25.7 Å². The van der Waals surface area contributed by atoms with Crippen molar-refractivity contribution >= 4 is 16.8 Å². The summed E-state index contributed by atoms with van der Waals surface area (Å²) in [7, 11) is 0. The van der Waals surface area contributed by atoms with E-state index in [4.69, 9.17) is 11.6 Å². The molecule has 0 spiro atoms. The highest BCUT2D eigenvalue weighted by Crippen LogP contribution is 2.09. The Morgan fingerprint density at radius 1 is 1.33 bits per heavy atom. The Kier molecular flexibility index (Phi) is 6.39. The van der Waals surface area contributed by atoms with E-state index in [0.29, 0.717) is 12.5 Å². The molecule has 0 aliphatic heterocycles.